The fourth-order valence-electron chi connectivity index (χ4n) is 2.13. The molecule has 0 spiro atoms. The zero-order chi connectivity index (χ0) is 17.9. The van der Waals surface area contributed by atoms with Gasteiger partial charge in [-0.2, -0.15) is 0 Å². The summed E-state index contributed by atoms with van der Waals surface area (Å²) in [6.45, 7) is 14.2. The molecule has 0 radical (unpaired) electrons. The summed E-state index contributed by atoms with van der Waals surface area (Å²) < 4.78 is 11.0. The van der Waals surface area contributed by atoms with Gasteiger partial charge in [-0.1, -0.05) is 13.8 Å². The molecule has 2 N–H and O–H groups in total. The Balaban J connectivity index is 3.65. The third kappa shape index (κ3) is 12.8. The van der Waals surface area contributed by atoms with Gasteiger partial charge in [-0.3, -0.25) is 4.90 Å². The Morgan fingerprint density at radius 3 is 2.17 bits per heavy atom. The van der Waals surface area contributed by atoms with Gasteiger partial charge in [0.05, 0.1) is 18.3 Å². The molecule has 23 heavy (non-hydrogen) atoms. The van der Waals surface area contributed by atoms with Crippen LogP contribution in [-0.2, 0) is 9.47 Å². The number of unbranched alkanes of at least 4 members (excludes halogenated alkanes) is 1. The average molecular weight is 335 g/mol. The molecular formula is C17H38N2O4. The molecule has 0 aromatic heterocycles. The molecule has 0 heterocycles. The quantitative estimate of drug-likeness (QED) is 0.393. The Bertz CT molecular complexity index is 280. The zero-order valence-electron chi connectivity index (χ0n) is 15.9. The maximum Gasteiger partial charge on any atom is 0.216 e. The van der Waals surface area contributed by atoms with Crippen molar-refractivity contribution in [3.8, 4) is 0 Å². The van der Waals surface area contributed by atoms with Crippen molar-refractivity contribution in [1.82, 2.24) is 9.80 Å². The topological polar surface area (TPSA) is 65.4 Å². The number of rotatable bonds is 13. The number of hydrogen-bond acceptors (Lipinski definition) is 6. The predicted octanol–water partition coefficient (Wildman–Crippen LogP) is 1.51. The molecule has 0 aliphatic heterocycles. The van der Waals surface area contributed by atoms with Crippen molar-refractivity contribution >= 4 is 0 Å². The van der Waals surface area contributed by atoms with Crippen molar-refractivity contribution in [2.75, 3.05) is 46.4 Å². The van der Waals surface area contributed by atoms with Crippen molar-refractivity contribution in [1.29, 1.82) is 0 Å². The van der Waals surface area contributed by atoms with Gasteiger partial charge in [-0.15, -0.1) is 0 Å². The standard InChI is InChI=1S/C17H38N2O4/c1-7-19(8-2)13-15(20)14-22-12-10-9-11-18(6)16(21)23-17(3,4)5/h15-16,20-21H,7-14H2,1-6H3. The Hall–Kier alpha value is -0.240. The fraction of sp³-hybridized carbons (Fsp3) is 1.00. The Kier molecular flexibility index (Phi) is 12.0. The Morgan fingerprint density at radius 1 is 1.04 bits per heavy atom. The number of aliphatic hydroxyl groups excluding tert-OH is 2. The van der Waals surface area contributed by atoms with E-state index < -0.39 is 12.5 Å². The van der Waals surface area contributed by atoms with Crippen molar-refractivity contribution in [2.45, 2.75) is 65.6 Å². The number of aliphatic hydroxyl groups is 2. The molecule has 6 heteroatoms. The van der Waals surface area contributed by atoms with Crippen LogP contribution in [0.15, 0.2) is 0 Å². The molecular weight excluding hydrogens is 296 g/mol. The molecule has 140 valence electrons. The normalized spacial score (nSPS) is 15.4. The zero-order valence-corrected chi connectivity index (χ0v) is 15.9. The van der Waals surface area contributed by atoms with Crippen LogP contribution < -0.4 is 0 Å². The van der Waals surface area contributed by atoms with Gasteiger partial charge < -0.3 is 24.6 Å². The molecule has 0 amide bonds. The van der Waals surface area contributed by atoms with Crippen LogP contribution in [0.25, 0.3) is 0 Å². The molecule has 0 aliphatic rings. The van der Waals surface area contributed by atoms with Gasteiger partial charge in [0, 0.05) is 19.7 Å². The van der Waals surface area contributed by atoms with E-state index >= 15 is 0 Å². The molecule has 2 atom stereocenters. The van der Waals surface area contributed by atoms with Crippen LogP contribution in [0, 0.1) is 0 Å². The Labute approximate surface area is 142 Å². The molecule has 0 rings (SSSR count). The molecule has 0 aliphatic carbocycles. The minimum Gasteiger partial charge on any atom is -0.389 e. The largest absolute Gasteiger partial charge is 0.389 e. The molecule has 0 saturated heterocycles. The SMILES string of the molecule is CCN(CC)CC(O)COCCCCN(C)C(O)OC(C)(C)C. The molecule has 0 saturated carbocycles. The van der Waals surface area contributed by atoms with E-state index in [1.807, 2.05) is 27.8 Å². The van der Waals surface area contributed by atoms with Gasteiger partial charge in [-0.25, -0.2) is 0 Å². The van der Waals surface area contributed by atoms with Crippen LogP contribution in [0.2, 0.25) is 0 Å². The van der Waals surface area contributed by atoms with Gasteiger partial charge in [0.25, 0.3) is 0 Å². The van der Waals surface area contributed by atoms with Crippen LogP contribution in [0.4, 0.5) is 0 Å². The van der Waals surface area contributed by atoms with E-state index in [0.29, 0.717) is 19.8 Å². The number of hydrogen-bond donors (Lipinski definition) is 2. The lowest BCUT2D eigenvalue weighted by atomic mass is 10.2. The highest BCUT2D eigenvalue weighted by Gasteiger charge is 2.19. The second-order valence-corrected chi connectivity index (χ2v) is 6.96. The first-order chi connectivity index (χ1) is 10.7. The third-order valence-corrected chi connectivity index (χ3v) is 3.56. The summed E-state index contributed by atoms with van der Waals surface area (Å²) in [6, 6.07) is 0. The smallest absolute Gasteiger partial charge is 0.216 e. The maximum atomic E-state index is 9.89. The average Bonchev–Trinajstić information content (AvgIpc) is 2.46. The van der Waals surface area contributed by atoms with Crippen LogP contribution in [0.3, 0.4) is 0 Å². The van der Waals surface area contributed by atoms with E-state index in [-0.39, 0.29) is 5.60 Å². The Morgan fingerprint density at radius 2 is 1.65 bits per heavy atom. The molecule has 0 bridgehead atoms. The van der Waals surface area contributed by atoms with Crippen molar-refractivity contribution in [2.24, 2.45) is 0 Å². The minimum absolute atomic E-state index is 0.363. The van der Waals surface area contributed by atoms with E-state index in [2.05, 4.69) is 18.7 Å². The van der Waals surface area contributed by atoms with Crippen LogP contribution in [0.1, 0.15) is 47.5 Å². The lowest BCUT2D eigenvalue weighted by molar-refractivity contribution is -0.232. The number of likely N-dealkylation sites (N-methyl/N-ethyl adjacent to an activating group) is 1. The van der Waals surface area contributed by atoms with Crippen LogP contribution in [-0.4, -0.2) is 84.6 Å². The molecule has 0 aromatic carbocycles. The molecule has 2 unspecified atom stereocenters. The summed E-state index contributed by atoms with van der Waals surface area (Å²) in [6.07, 6.45) is 0.490. The first-order valence-electron chi connectivity index (χ1n) is 8.73. The molecule has 0 fully saturated rings. The van der Waals surface area contributed by atoms with Gasteiger partial charge in [0.2, 0.25) is 6.41 Å². The maximum absolute atomic E-state index is 9.89. The van der Waals surface area contributed by atoms with E-state index in [4.69, 9.17) is 9.47 Å². The van der Waals surface area contributed by atoms with E-state index in [0.717, 1.165) is 32.5 Å². The summed E-state index contributed by atoms with van der Waals surface area (Å²) >= 11 is 0. The van der Waals surface area contributed by atoms with Crippen LogP contribution in [0.5, 0.6) is 0 Å². The monoisotopic (exact) mass is 334 g/mol. The summed E-state index contributed by atoms with van der Waals surface area (Å²) in [4.78, 5) is 3.96. The lowest BCUT2D eigenvalue weighted by Crippen LogP contribution is -2.40. The third-order valence-electron chi connectivity index (χ3n) is 3.56. The van der Waals surface area contributed by atoms with Gasteiger partial charge in [0.15, 0.2) is 0 Å². The van der Waals surface area contributed by atoms with Crippen molar-refractivity contribution in [3.63, 3.8) is 0 Å². The second-order valence-electron chi connectivity index (χ2n) is 6.96. The highest BCUT2D eigenvalue weighted by Crippen LogP contribution is 2.11. The summed E-state index contributed by atoms with van der Waals surface area (Å²) in [5, 5.41) is 19.8. The van der Waals surface area contributed by atoms with Gasteiger partial charge >= 0.3 is 0 Å². The number of ether oxygens (including phenoxy) is 2. The molecule has 6 nitrogen and oxygen atoms in total. The molecule has 0 aromatic rings. The van der Waals surface area contributed by atoms with Gasteiger partial charge in [0.1, 0.15) is 0 Å². The highest BCUT2D eigenvalue weighted by molar-refractivity contribution is 4.62. The van der Waals surface area contributed by atoms with E-state index in [9.17, 15) is 10.2 Å². The van der Waals surface area contributed by atoms with Crippen LogP contribution >= 0.6 is 0 Å². The summed E-state index contributed by atoms with van der Waals surface area (Å²) in [5.74, 6) is 0. The van der Waals surface area contributed by atoms with Crippen molar-refractivity contribution < 1.29 is 19.7 Å². The van der Waals surface area contributed by atoms with Crippen molar-refractivity contribution in [3.05, 3.63) is 0 Å². The second kappa shape index (κ2) is 12.2. The number of nitrogens with zero attached hydrogens (tertiary/aromatic N) is 2. The highest BCUT2D eigenvalue weighted by atomic mass is 16.6. The first-order valence-corrected chi connectivity index (χ1v) is 8.73. The lowest BCUT2D eigenvalue weighted by Gasteiger charge is -2.29. The first kappa shape index (κ1) is 22.8. The van der Waals surface area contributed by atoms with E-state index in [1.54, 1.807) is 4.90 Å². The minimum atomic E-state index is -0.883. The predicted molar refractivity (Wildman–Crippen MR) is 93.3 cm³/mol. The van der Waals surface area contributed by atoms with E-state index in [1.165, 1.54) is 0 Å². The van der Waals surface area contributed by atoms with Gasteiger partial charge in [-0.05, 0) is 53.8 Å². The fourth-order valence-corrected chi connectivity index (χ4v) is 2.13. The summed E-state index contributed by atoms with van der Waals surface area (Å²) in [5.41, 5.74) is -0.363. The summed E-state index contributed by atoms with van der Waals surface area (Å²) in [7, 11) is 1.84.